The van der Waals surface area contributed by atoms with Crippen LogP contribution in [0.1, 0.15) is 6.92 Å². The van der Waals surface area contributed by atoms with Gasteiger partial charge in [-0.1, -0.05) is 11.6 Å². The Morgan fingerprint density at radius 3 is 2.62 bits per heavy atom. The van der Waals surface area contributed by atoms with Gasteiger partial charge >= 0.3 is 0 Å². The second kappa shape index (κ2) is 3.66. The largest absolute Gasteiger partial charge is 0.222 e. The molecule has 6 heteroatoms. The van der Waals surface area contributed by atoms with Gasteiger partial charge in [0, 0.05) is 0 Å². The maximum atomic E-state index is 11.5. The molecule has 0 fully saturated rings. The summed E-state index contributed by atoms with van der Waals surface area (Å²) in [6.45, 7) is 1.35. The summed E-state index contributed by atoms with van der Waals surface area (Å²) in [5.74, 6) is 0. The Labute approximate surface area is 85.5 Å². The third-order valence-electron chi connectivity index (χ3n) is 1.48. The van der Waals surface area contributed by atoms with E-state index in [0.29, 0.717) is 4.34 Å². The van der Waals surface area contributed by atoms with E-state index in [9.17, 15) is 8.42 Å². The molecule has 0 aliphatic rings. The standard InChI is InChI=1S/C7H6ClNO2S2/c1-5(4-9)13(10,11)7-3-2-6(8)12-7/h2-3,5H,1H3. The Morgan fingerprint density at radius 2 is 2.23 bits per heavy atom. The van der Waals surface area contributed by atoms with Crippen LogP contribution in [0.2, 0.25) is 4.34 Å². The first-order valence-electron chi connectivity index (χ1n) is 3.37. The van der Waals surface area contributed by atoms with Gasteiger partial charge in [0.05, 0.1) is 10.4 Å². The molecule has 1 heterocycles. The second-order valence-electron chi connectivity index (χ2n) is 2.37. The van der Waals surface area contributed by atoms with Crippen molar-refractivity contribution in [2.75, 3.05) is 0 Å². The fourth-order valence-electron chi connectivity index (χ4n) is 0.694. The van der Waals surface area contributed by atoms with E-state index in [0.717, 1.165) is 11.3 Å². The number of thiophene rings is 1. The average Bonchev–Trinajstić information content (AvgIpc) is 2.50. The first kappa shape index (κ1) is 10.5. The Bertz CT molecular complexity index is 443. The summed E-state index contributed by atoms with van der Waals surface area (Å²) in [7, 11) is -3.50. The zero-order valence-electron chi connectivity index (χ0n) is 6.69. The third-order valence-corrected chi connectivity index (χ3v) is 5.18. The molecule has 0 bridgehead atoms. The third kappa shape index (κ3) is 2.02. The molecule has 0 aliphatic heterocycles. The van der Waals surface area contributed by atoms with Crippen LogP contribution < -0.4 is 0 Å². The number of rotatable bonds is 2. The van der Waals surface area contributed by atoms with Crippen LogP contribution in [0.3, 0.4) is 0 Å². The summed E-state index contributed by atoms with van der Waals surface area (Å²) >= 11 is 6.55. The number of hydrogen-bond acceptors (Lipinski definition) is 4. The highest BCUT2D eigenvalue weighted by molar-refractivity contribution is 7.94. The van der Waals surface area contributed by atoms with E-state index in [1.165, 1.54) is 19.1 Å². The Hall–Kier alpha value is -0.570. The number of nitrogens with zero attached hydrogens (tertiary/aromatic N) is 1. The zero-order chi connectivity index (χ0) is 10.1. The van der Waals surface area contributed by atoms with E-state index in [2.05, 4.69) is 0 Å². The monoisotopic (exact) mass is 235 g/mol. The van der Waals surface area contributed by atoms with Gasteiger partial charge in [0.2, 0.25) is 9.84 Å². The molecule has 70 valence electrons. The quantitative estimate of drug-likeness (QED) is 0.789. The van der Waals surface area contributed by atoms with Crippen molar-refractivity contribution in [1.82, 2.24) is 0 Å². The van der Waals surface area contributed by atoms with Crippen LogP contribution >= 0.6 is 22.9 Å². The molecule has 1 rings (SSSR count). The van der Waals surface area contributed by atoms with Crippen LogP contribution in [0.5, 0.6) is 0 Å². The van der Waals surface area contributed by atoms with E-state index in [-0.39, 0.29) is 4.21 Å². The summed E-state index contributed by atoms with van der Waals surface area (Å²) in [4.78, 5) is 0. The summed E-state index contributed by atoms with van der Waals surface area (Å²) < 4.78 is 23.6. The van der Waals surface area contributed by atoms with Gasteiger partial charge in [-0.25, -0.2) is 8.42 Å². The highest BCUT2D eigenvalue weighted by Gasteiger charge is 2.24. The van der Waals surface area contributed by atoms with Crippen molar-refractivity contribution in [2.24, 2.45) is 0 Å². The summed E-state index contributed by atoms with van der Waals surface area (Å²) in [5.41, 5.74) is 0. The topological polar surface area (TPSA) is 57.9 Å². The number of halogens is 1. The van der Waals surface area contributed by atoms with Gasteiger partial charge in [-0.2, -0.15) is 5.26 Å². The van der Waals surface area contributed by atoms with Crippen molar-refractivity contribution < 1.29 is 8.42 Å². The average molecular weight is 236 g/mol. The van der Waals surface area contributed by atoms with Gasteiger partial charge in [0.1, 0.15) is 4.21 Å². The van der Waals surface area contributed by atoms with Crippen molar-refractivity contribution in [2.45, 2.75) is 16.4 Å². The smallest absolute Gasteiger partial charge is 0.203 e. The van der Waals surface area contributed by atoms with Gasteiger partial charge in [-0.05, 0) is 19.1 Å². The van der Waals surface area contributed by atoms with Crippen LogP contribution in [0, 0.1) is 11.3 Å². The molecular weight excluding hydrogens is 230 g/mol. The fourth-order valence-corrected chi connectivity index (χ4v) is 3.52. The minimum atomic E-state index is -3.50. The van der Waals surface area contributed by atoms with Crippen molar-refractivity contribution in [3.05, 3.63) is 16.5 Å². The van der Waals surface area contributed by atoms with Crippen molar-refractivity contribution in [1.29, 1.82) is 5.26 Å². The summed E-state index contributed by atoms with van der Waals surface area (Å²) in [5, 5.41) is 7.46. The van der Waals surface area contributed by atoms with E-state index >= 15 is 0 Å². The van der Waals surface area contributed by atoms with Crippen molar-refractivity contribution in [3.8, 4) is 6.07 Å². The lowest BCUT2D eigenvalue weighted by molar-refractivity contribution is 0.594. The first-order chi connectivity index (χ1) is 5.98. The molecule has 1 atom stereocenters. The van der Waals surface area contributed by atoms with Crippen molar-refractivity contribution >= 4 is 32.8 Å². The molecule has 13 heavy (non-hydrogen) atoms. The van der Waals surface area contributed by atoms with Crippen molar-refractivity contribution in [3.63, 3.8) is 0 Å². The van der Waals surface area contributed by atoms with E-state index in [4.69, 9.17) is 16.9 Å². The molecule has 0 saturated heterocycles. The van der Waals surface area contributed by atoms with Crippen LogP contribution in [0.15, 0.2) is 16.3 Å². The Morgan fingerprint density at radius 1 is 1.62 bits per heavy atom. The Kier molecular flexibility index (Phi) is 2.96. The van der Waals surface area contributed by atoms with Gasteiger partial charge in [-0.3, -0.25) is 0 Å². The second-order valence-corrected chi connectivity index (χ2v) is 6.59. The van der Waals surface area contributed by atoms with E-state index in [1.54, 1.807) is 6.07 Å². The highest BCUT2D eigenvalue weighted by Crippen LogP contribution is 2.28. The molecule has 1 aromatic heterocycles. The number of nitriles is 1. The van der Waals surface area contributed by atoms with E-state index < -0.39 is 15.1 Å². The van der Waals surface area contributed by atoms with E-state index in [1.807, 2.05) is 0 Å². The molecule has 0 saturated carbocycles. The molecular formula is C7H6ClNO2S2. The SMILES string of the molecule is CC(C#N)S(=O)(=O)c1ccc(Cl)s1. The predicted octanol–water partition coefficient (Wildman–Crippen LogP) is 2.09. The molecule has 1 aromatic rings. The lowest BCUT2D eigenvalue weighted by Gasteiger charge is -2.00. The fraction of sp³-hybridized carbons (Fsp3) is 0.286. The number of hydrogen-bond donors (Lipinski definition) is 0. The minimum Gasteiger partial charge on any atom is -0.222 e. The minimum absolute atomic E-state index is 0.145. The molecule has 1 unspecified atom stereocenters. The predicted molar refractivity (Wildman–Crippen MR) is 51.6 cm³/mol. The van der Waals surface area contributed by atoms with Crippen LogP contribution in [-0.2, 0) is 9.84 Å². The lowest BCUT2D eigenvalue weighted by atomic mass is 10.5. The van der Waals surface area contributed by atoms with Gasteiger partial charge in [-0.15, -0.1) is 11.3 Å². The molecule has 0 N–H and O–H groups in total. The van der Waals surface area contributed by atoms with Crippen LogP contribution in [-0.4, -0.2) is 13.7 Å². The molecule has 3 nitrogen and oxygen atoms in total. The normalized spacial score (nSPS) is 13.6. The van der Waals surface area contributed by atoms with Crippen LogP contribution in [0.4, 0.5) is 0 Å². The highest BCUT2D eigenvalue weighted by atomic mass is 35.5. The Balaban J connectivity index is 3.17. The molecule has 0 aliphatic carbocycles. The van der Waals surface area contributed by atoms with Gasteiger partial charge in [0.25, 0.3) is 0 Å². The molecule has 0 aromatic carbocycles. The summed E-state index contributed by atoms with van der Waals surface area (Å²) in [6, 6.07) is 4.60. The summed E-state index contributed by atoms with van der Waals surface area (Å²) in [6.07, 6.45) is 0. The first-order valence-corrected chi connectivity index (χ1v) is 6.11. The van der Waals surface area contributed by atoms with Gasteiger partial charge in [0.15, 0.2) is 5.25 Å². The molecule has 0 radical (unpaired) electrons. The maximum Gasteiger partial charge on any atom is 0.203 e. The molecule has 0 spiro atoms. The zero-order valence-corrected chi connectivity index (χ0v) is 9.08. The number of sulfone groups is 1. The lowest BCUT2D eigenvalue weighted by Crippen LogP contribution is -2.14. The maximum absolute atomic E-state index is 11.5. The van der Waals surface area contributed by atoms with Gasteiger partial charge < -0.3 is 0 Å². The molecule has 0 amide bonds. The van der Waals surface area contributed by atoms with Crippen LogP contribution in [0.25, 0.3) is 0 Å².